The monoisotopic (exact) mass is 590 g/mol. The number of nitrogens with one attached hydrogen (secondary N) is 2. The van der Waals surface area contributed by atoms with Gasteiger partial charge < -0.3 is 31.1 Å². The molecule has 41 heavy (non-hydrogen) atoms. The van der Waals surface area contributed by atoms with E-state index >= 15 is 0 Å². The first-order valence-corrected chi connectivity index (χ1v) is 13.9. The number of carbonyl (C=O) groups is 5. The predicted molar refractivity (Wildman–Crippen MR) is 139 cm³/mol. The Labute approximate surface area is 237 Å². The van der Waals surface area contributed by atoms with Crippen LogP contribution in [0.5, 0.6) is 0 Å². The van der Waals surface area contributed by atoms with E-state index in [2.05, 4.69) is 24.5 Å². The summed E-state index contributed by atoms with van der Waals surface area (Å²) >= 11 is 0. The highest BCUT2D eigenvalue weighted by molar-refractivity contribution is 5.93. The van der Waals surface area contributed by atoms with Gasteiger partial charge >= 0.3 is 18.1 Å². The number of carbonyl (C=O) groups excluding carboxylic acids is 4. The lowest BCUT2D eigenvalue weighted by Crippen LogP contribution is -2.67. The molecule has 1 aliphatic heterocycles. The molecule has 1 saturated heterocycles. The molecule has 4 saturated carbocycles. The van der Waals surface area contributed by atoms with Crippen LogP contribution in [0.15, 0.2) is 0 Å². The van der Waals surface area contributed by atoms with Crippen LogP contribution in [0.1, 0.15) is 78.1 Å². The fourth-order valence-corrected chi connectivity index (χ4v) is 8.29. The number of amides is 3. The normalized spacial score (nSPS) is 32.4. The van der Waals surface area contributed by atoms with Gasteiger partial charge in [-0.15, -0.1) is 0 Å². The third-order valence-corrected chi connectivity index (χ3v) is 8.81. The largest absolute Gasteiger partial charge is 0.490 e. The van der Waals surface area contributed by atoms with E-state index in [1.165, 1.54) is 31.3 Å². The van der Waals surface area contributed by atoms with Gasteiger partial charge in [0.25, 0.3) is 0 Å². The van der Waals surface area contributed by atoms with E-state index in [-0.39, 0.29) is 53.5 Å². The fraction of sp³-hybridized carbons (Fsp3) is 0.815. The standard InChI is InChI=1S/C25H40N4O5.C2HF3O2/c1-23-9-16-10-24(2,13-23)15-25(11-16,14-23)28-21(32)17(6-7-20(31)34-3)27-22(33)18-5-4-8-29(18)19(30)12-26;3-2(4,5)1(6)7/h16-18H,4-15,26H2,1-3H3,(H,27,33)(H,28,32);(H,6,7)/t16?,17-,18-,23?,24?,25?;/m0./s1. The molecular weight excluding hydrogens is 549 g/mol. The number of nitrogens with zero attached hydrogens (tertiary/aromatic N) is 1. The molecule has 0 radical (unpaired) electrons. The Balaban J connectivity index is 0.000000587. The number of carboxylic acid groups (broad SMARTS) is 1. The molecule has 4 bridgehead atoms. The number of alkyl halides is 3. The van der Waals surface area contributed by atoms with Crippen molar-refractivity contribution in [2.75, 3.05) is 20.2 Å². The molecule has 5 fully saturated rings. The van der Waals surface area contributed by atoms with Crippen LogP contribution in [0.3, 0.4) is 0 Å². The highest BCUT2D eigenvalue weighted by atomic mass is 19.4. The molecule has 5 N–H and O–H groups in total. The van der Waals surface area contributed by atoms with E-state index in [9.17, 15) is 32.3 Å². The number of halogens is 3. The minimum Gasteiger partial charge on any atom is -0.475 e. The van der Waals surface area contributed by atoms with Gasteiger partial charge in [-0.1, -0.05) is 13.8 Å². The number of ether oxygens (including phenoxy) is 1. The second kappa shape index (κ2) is 12.1. The Hall–Kier alpha value is -2.90. The number of rotatable bonds is 8. The molecule has 11 nitrogen and oxygen atoms in total. The number of nitrogens with two attached hydrogens (primary N) is 1. The lowest BCUT2D eigenvalue weighted by atomic mass is 9.43. The first-order chi connectivity index (χ1) is 18.9. The van der Waals surface area contributed by atoms with Crippen molar-refractivity contribution < 1.29 is 47.0 Å². The van der Waals surface area contributed by atoms with Crippen LogP contribution in [-0.2, 0) is 28.7 Å². The zero-order chi connectivity index (χ0) is 30.8. The highest BCUT2D eigenvalue weighted by Gasteiger charge is 2.60. The lowest BCUT2D eigenvalue weighted by Gasteiger charge is -2.65. The maximum Gasteiger partial charge on any atom is 0.490 e. The molecule has 0 aromatic heterocycles. The van der Waals surface area contributed by atoms with Crippen LogP contribution >= 0.6 is 0 Å². The van der Waals surface area contributed by atoms with Crippen molar-refractivity contribution in [1.29, 1.82) is 0 Å². The number of hydrogen-bond donors (Lipinski definition) is 4. The summed E-state index contributed by atoms with van der Waals surface area (Å²) in [6.45, 7) is 5.01. The molecule has 232 valence electrons. The van der Waals surface area contributed by atoms with Gasteiger partial charge in [0.1, 0.15) is 12.1 Å². The Morgan fingerprint density at radius 2 is 1.66 bits per heavy atom. The summed E-state index contributed by atoms with van der Waals surface area (Å²) < 4.78 is 36.5. The van der Waals surface area contributed by atoms with Crippen molar-refractivity contribution in [2.24, 2.45) is 22.5 Å². The summed E-state index contributed by atoms with van der Waals surface area (Å²) in [5, 5.41) is 13.3. The van der Waals surface area contributed by atoms with Gasteiger partial charge in [0, 0.05) is 18.5 Å². The Bertz CT molecular complexity index is 1030. The van der Waals surface area contributed by atoms with Crippen LogP contribution in [-0.4, -0.2) is 83.7 Å². The second-order valence-corrected chi connectivity index (χ2v) is 12.8. The molecule has 4 aliphatic carbocycles. The maximum atomic E-state index is 13.6. The van der Waals surface area contributed by atoms with Gasteiger partial charge in [0.2, 0.25) is 17.7 Å². The summed E-state index contributed by atoms with van der Waals surface area (Å²) in [7, 11) is 1.31. The fourth-order valence-electron chi connectivity index (χ4n) is 8.29. The maximum absolute atomic E-state index is 13.6. The molecular formula is C27H41F3N4O7. The van der Waals surface area contributed by atoms with Gasteiger partial charge in [0.15, 0.2) is 0 Å². The van der Waals surface area contributed by atoms with E-state index in [0.717, 1.165) is 19.3 Å². The zero-order valence-corrected chi connectivity index (χ0v) is 23.8. The molecule has 0 spiro atoms. The first-order valence-electron chi connectivity index (χ1n) is 13.9. The highest BCUT2D eigenvalue weighted by Crippen LogP contribution is 2.66. The topological polar surface area (TPSA) is 168 Å². The molecule has 14 heteroatoms. The van der Waals surface area contributed by atoms with Crippen LogP contribution in [0, 0.1) is 16.7 Å². The average Bonchev–Trinajstić information content (AvgIpc) is 3.33. The predicted octanol–water partition coefficient (Wildman–Crippen LogP) is 1.87. The third-order valence-electron chi connectivity index (χ3n) is 8.81. The van der Waals surface area contributed by atoms with Crippen LogP contribution in [0.2, 0.25) is 0 Å². The van der Waals surface area contributed by atoms with Gasteiger partial charge in [0.05, 0.1) is 13.7 Å². The van der Waals surface area contributed by atoms with Crippen LogP contribution < -0.4 is 16.4 Å². The molecule has 0 aromatic rings. The quantitative estimate of drug-likeness (QED) is 0.311. The van der Waals surface area contributed by atoms with Crippen LogP contribution in [0.4, 0.5) is 13.2 Å². The van der Waals surface area contributed by atoms with Gasteiger partial charge in [-0.25, -0.2) is 4.79 Å². The first kappa shape index (κ1) is 32.6. The van der Waals surface area contributed by atoms with E-state index < -0.39 is 30.2 Å². The van der Waals surface area contributed by atoms with Crippen molar-refractivity contribution >= 4 is 29.7 Å². The van der Waals surface area contributed by atoms with Crippen molar-refractivity contribution in [3.05, 3.63) is 0 Å². The molecule has 0 aromatic carbocycles. The third kappa shape index (κ3) is 7.89. The number of carboxylic acids is 1. The minimum atomic E-state index is -5.08. The number of aliphatic carboxylic acids is 1. The van der Waals surface area contributed by atoms with Crippen molar-refractivity contribution in [3.8, 4) is 0 Å². The molecule has 5 rings (SSSR count). The number of methoxy groups -OCH3 is 1. The Morgan fingerprint density at radius 3 is 2.15 bits per heavy atom. The smallest absolute Gasteiger partial charge is 0.475 e. The number of likely N-dealkylation sites (tertiary alicyclic amines) is 1. The number of hydrogen-bond acceptors (Lipinski definition) is 7. The minimum absolute atomic E-state index is 0.0238. The van der Waals surface area contributed by atoms with Gasteiger partial charge in [-0.3, -0.25) is 19.2 Å². The number of esters is 1. The molecule has 1 heterocycles. The molecule has 3 amide bonds. The summed E-state index contributed by atoms with van der Waals surface area (Å²) in [6, 6.07) is -1.50. The SMILES string of the molecule is COC(=O)CC[C@H](NC(=O)[C@@H]1CCCN1C(=O)CN)C(=O)NC12CC3CC(C)(CC(C)(C3)C1)C2.O=C(O)C(F)(F)F. The lowest BCUT2D eigenvalue weighted by molar-refractivity contribution is -0.192. The zero-order valence-electron chi connectivity index (χ0n) is 23.8. The Kier molecular flexibility index (Phi) is 9.66. The van der Waals surface area contributed by atoms with Crippen molar-refractivity contribution in [1.82, 2.24) is 15.5 Å². The van der Waals surface area contributed by atoms with Crippen molar-refractivity contribution in [2.45, 2.75) is 102 Å². The summed E-state index contributed by atoms with van der Waals surface area (Å²) in [6.07, 6.45) is 2.85. The van der Waals surface area contributed by atoms with Gasteiger partial charge in [-0.2, -0.15) is 13.2 Å². The van der Waals surface area contributed by atoms with E-state index in [1.807, 2.05) is 0 Å². The second-order valence-electron chi connectivity index (χ2n) is 12.8. The molecule has 4 atom stereocenters. The van der Waals surface area contributed by atoms with E-state index in [0.29, 0.717) is 25.3 Å². The van der Waals surface area contributed by atoms with Crippen LogP contribution in [0.25, 0.3) is 0 Å². The van der Waals surface area contributed by atoms with E-state index in [1.54, 1.807) is 0 Å². The Morgan fingerprint density at radius 1 is 1.07 bits per heavy atom. The van der Waals surface area contributed by atoms with Gasteiger partial charge in [-0.05, 0) is 74.5 Å². The summed E-state index contributed by atoms with van der Waals surface area (Å²) in [5.74, 6) is -3.46. The summed E-state index contributed by atoms with van der Waals surface area (Å²) in [4.78, 5) is 61.1. The average molecular weight is 591 g/mol. The molecule has 2 unspecified atom stereocenters. The summed E-state index contributed by atoms with van der Waals surface area (Å²) in [5.41, 5.74) is 5.72. The van der Waals surface area contributed by atoms with Crippen molar-refractivity contribution in [3.63, 3.8) is 0 Å². The molecule has 5 aliphatic rings. The van der Waals surface area contributed by atoms with E-state index in [4.69, 9.17) is 20.4 Å².